The standard InChI is InChI=1S/C23H36N4O5S/c1-5-27(6-2)33(31,32)19-11-7-10-18(16-19)22(29)25-21(17(3)4)23(30)24-13-9-15-26-14-8-12-20(26)28/h7,10-11,16-17,21H,5-6,8-9,12-15H2,1-4H3,(H,24,30)(H,25,29)/t21-/m1/s1. The highest BCUT2D eigenvalue weighted by atomic mass is 32.2. The number of rotatable bonds is 12. The van der Waals surface area contributed by atoms with Gasteiger partial charge in [0.15, 0.2) is 0 Å². The van der Waals surface area contributed by atoms with E-state index >= 15 is 0 Å². The molecule has 9 nitrogen and oxygen atoms in total. The number of hydrogen-bond acceptors (Lipinski definition) is 5. The summed E-state index contributed by atoms with van der Waals surface area (Å²) in [6.07, 6.45) is 2.11. The van der Waals surface area contributed by atoms with Gasteiger partial charge < -0.3 is 15.5 Å². The summed E-state index contributed by atoms with van der Waals surface area (Å²) in [6, 6.07) is 5.08. The van der Waals surface area contributed by atoms with Crippen molar-refractivity contribution in [1.29, 1.82) is 0 Å². The van der Waals surface area contributed by atoms with Gasteiger partial charge in [-0.15, -0.1) is 0 Å². The van der Waals surface area contributed by atoms with Crippen LogP contribution < -0.4 is 10.6 Å². The maximum atomic E-state index is 12.8. The number of benzene rings is 1. The maximum absolute atomic E-state index is 12.8. The second-order valence-corrected chi connectivity index (χ2v) is 10.4. The van der Waals surface area contributed by atoms with Crippen molar-refractivity contribution in [3.63, 3.8) is 0 Å². The van der Waals surface area contributed by atoms with E-state index in [4.69, 9.17) is 0 Å². The van der Waals surface area contributed by atoms with E-state index in [1.165, 1.54) is 28.6 Å². The Bertz CT molecular complexity index is 944. The molecule has 2 rings (SSSR count). The number of sulfonamides is 1. The van der Waals surface area contributed by atoms with Crippen LogP contribution in [0.15, 0.2) is 29.2 Å². The molecule has 1 atom stereocenters. The molecule has 0 saturated carbocycles. The third-order valence-corrected chi connectivity index (χ3v) is 7.80. The molecule has 0 aromatic heterocycles. The van der Waals surface area contributed by atoms with Crippen molar-refractivity contribution in [2.75, 3.05) is 32.7 Å². The van der Waals surface area contributed by atoms with Crippen LogP contribution >= 0.6 is 0 Å². The van der Waals surface area contributed by atoms with Gasteiger partial charge in [-0.05, 0) is 37.0 Å². The molecule has 0 unspecified atom stereocenters. The quantitative estimate of drug-likeness (QED) is 0.441. The van der Waals surface area contributed by atoms with Gasteiger partial charge in [0.2, 0.25) is 21.8 Å². The Kier molecular flexibility index (Phi) is 9.85. The second-order valence-electron chi connectivity index (χ2n) is 8.44. The van der Waals surface area contributed by atoms with Crippen LogP contribution in [0.5, 0.6) is 0 Å². The van der Waals surface area contributed by atoms with Crippen LogP contribution in [-0.2, 0) is 19.6 Å². The van der Waals surface area contributed by atoms with Crippen molar-refractivity contribution in [1.82, 2.24) is 19.8 Å². The Hall–Kier alpha value is -2.46. The van der Waals surface area contributed by atoms with Crippen LogP contribution in [0, 0.1) is 5.92 Å². The van der Waals surface area contributed by atoms with E-state index in [1.54, 1.807) is 18.7 Å². The predicted octanol–water partition coefficient (Wildman–Crippen LogP) is 1.60. The third-order valence-electron chi connectivity index (χ3n) is 5.75. The largest absolute Gasteiger partial charge is 0.354 e. The van der Waals surface area contributed by atoms with Gasteiger partial charge >= 0.3 is 0 Å². The SMILES string of the molecule is CCN(CC)S(=O)(=O)c1cccc(C(=O)N[C@@H](C(=O)NCCCN2CCCC2=O)C(C)C)c1. The summed E-state index contributed by atoms with van der Waals surface area (Å²) < 4.78 is 26.9. The topological polar surface area (TPSA) is 116 Å². The molecule has 0 bridgehead atoms. The summed E-state index contributed by atoms with van der Waals surface area (Å²) in [5.74, 6) is -0.836. The molecule has 1 saturated heterocycles. The van der Waals surface area contributed by atoms with Crippen molar-refractivity contribution >= 4 is 27.7 Å². The number of likely N-dealkylation sites (tertiary alicyclic amines) is 1. The van der Waals surface area contributed by atoms with Crippen molar-refractivity contribution in [3.8, 4) is 0 Å². The molecule has 3 amide bonds. The maximum Gasteiger partial charge on any atom is 0.251 e. The molecule has 10 heteroatoms. The van der Waals surface area contributed by atoms with E-state index < -0.39 is 22.0 Å². The molecular formula is C23H36N4O5S. The fraction of sp³-hybridized carbons (Fsp3) is 0.609. The fourth-order valence-electron chi connectivity index (χ4n) is 3.80. The molecule has 1 aliphatic rings. The van der Waals surface area contributed by atoms with E-state index in [1.807, 2.05) is 13.8 Å². The van der Waals surface area contributed by atoms with Gasteiger partial charge in [0.25, 0.3) is 5.91 Å². The van der Waals surface area contributed by atoms with E-state index in [0.717, 1.165) is 13.0 Å². The van der Waals surface area contributed by atoms with Crippen LogP contribution in [0.1, 0.15) is 57.3 Å². The average Bonchev–Trinajstić information content (AvgIpc) is 3.19. The molecule has 1 fully saturated rings. The lowest BCUT2D eigenvalue weighted by atomic mass is 10.0. The summed E-state index contributed by atoms with van der Waals surface area (Å²) >= 11 is 0. The fourth-order valence-corrected chi connectivity index (χ4v) is 5.31. The lowest BCUT2D eigenvalue weighted by molar-refractivity contribution is -0.127. The second kappa shape index (κ2) is 12.1. The zero-order chi connectivity index (χ0) is 24.6. The number of carbonyl (C=O) groups excluding carboxylic acids is 3. The zero-order valence-corrected chi connectivity index (χ0v) is 20.8. The molecule has 0 radical (unpaired) electrons. The first-order valence-corrected chi connectivity index (χ1v) is 13.0. The average molecular weight is 481 g/mol. The Morgan fingerprint density at radius 1 is 1.18 bits per heavy atom. The molecule has 1 heterocycles. The van der Waals surface area contributed by atoms with Crippen molar-refractivity contribution in [3.05, 3.63) is 29.8 Å². The van der Waals surface area contributed by atoms with E-state index in [0.29, 0.717) is 39.0 Å². The minimum Gasteiger partial charge on any atom is -0.354 e. The Balaban J connectivity index is 2.00. The van der Waals surface area contributed by atoms with E-state index in [-0.39, 0.29) is 28.2 Å². The Labute approximate surface area is 196 Å². The van der Waals surface area contributed by atoms with Gasteiger partial charge in [-0.1, -0.05) is 33.8 Å². The van der Waals surface area contributed by atoms with Crippen LogP contribution in [0.4, 0.5) is 0 Å². The number of carbonyl (C=O) groups is 3. The number of amides is 3. The van der Waals surface area contributed by atoms with Gasteiger partial charge in [0.1, 0.15) is 6.04 Å². The minimum absolute atomic E-state index is 0.0425. The molecule has 33 heavy (non-hydrogen) atoms. The summed E-state index contributed by atoms with van der Waals surface area (Å²) in [5, 5.41) is 5.56. The van der Waals surface area contributed by atoms with Crippen LogP contribution in [0.3, 0.4) is 0 Å². The minimum atomic E-state index is -3.70. The predicted molar refractivity (Wildman–Crippen MR) is 126 cm³/mol. The van der Waals surface area contributed by atoms with Gasteiger partial charge in [0, 0.05) is 44.7 Å². The van der Waals surface area contributed by atoms with Crippen LogP contribution in [-0.4, -0.2) is 74.1 Å². The number of nitrogens with one attached hydrogen (secondary N) is 2. The summed E-state index contributed by atoms with van der Waals surface area (Å²) in [5.41, 5.74) is 0.175. The molecule has 0 spiro atoms. The van der Waals surface area contributed by atoms with Gasteiger partial charge in [-0.25, -0.2) is 8.42 Å². The molecule has 1 aromatic rings. The molecule has 1 aromatic carbocycles. The first kappa shape index (κ1) is 26.8. The summed E-state index contributed by atoms with van der Waals surface area (Å²) in [6.45, 7) is 9.60. The Morgan fingerprint density at radius 3 is 2.45 bits per heavy atom. The molecule has 184 valence electrons. The lowest BCUT2D eigenvalue weighted by Gasteiger charge is -2.23. The molecule has 2 N–H and O–H groups in total. The first-order chi connectivity index (χ1) is 15.6. The highest BCUT2D eigenvalue weighted by Gasteiger charge is 2.27. The monoisotopic (exact) mass is 480 g/mol. The van der Waals surface area contributed by atoms with Crippen molar-refractivity contribution in [2.24, 2.45) is 5.92 Å². The number of hydrogen-bond donors (Lipinski definition) is 2. The van der Waals surface area contributed by atoms with Crippen LogP contribution in [0.25, 0.3) is 0 Å². The van der Waals surface area contributed by atoms with E-state index in [9.17, 15) is 22.8 Å². The van der Waals surface area contributed by atoms with Crippen molar-refractivity contribution in [2.45, 2.75) is 57.9 Å². The van der Waals surface area contributed by atoms with Gasteiger partial charge in [-0.3, -0.25) is 14.4 Å². The smallest absolute Gasteiger partial charge is 0.251 e. The van der Waals surface area contributed by atoms with Crippen molar-refractivity contribution < 1.29 is 22.8 Å². The summed E-state index contributed by atoms with van der Waals surface area (Å²) in [4.78, 5) is 39.1. The molecule has 1 aliphatic heterocycles. The molecule has 0 aliphatic carbocycles. The van der Waals surface area contributed by atoms with Gasteiger partial charge in [0.05, 0.1) is 4.90 Å². The Morgan fingerprint density at radius 2 is 1.88 bits per heavy atom. The highest BCUT2D eigenvalue weighted by molar-refractivity contribution is 7.89. The molecular weight excluding hydrogens is 444 g/mol. The lowest BCUT2D eigenvalue weighted by Crippen LogP contribution is -2.50. The van der Waals surface area contributed by atoms with E-state index in [2.05, 4.69) is 10.6 Å². The summed E-state index contributed by atoms with van der Waals surface area (Å²) in [7, 11) is -3.70. The normalized spacial score (nSPS) is 15.2. The third kappa shape index (κ3) is 7.01. The first-order valence-electron chi connectivity index (χ1n) is 11.6. The van der Waals surface area contributed by atoms with Crippen LogP contribution in [0.2, 0.25) is 0 Å². The highest BCUT2D eigenvalue weighted by Crippen LogP contribution is 2.17. The zero-order valence-electron chi connectivity index (χ0n) is 20.0. The van der Waals surface area contributed by atoms with Gasteiger partial charge in [-0.2, -0.15) is 4.31 Å². The number of nitrogens with zero attached hydrogens (tertiary/aromatic N) is 2.